The second-order valence-corrected chi connectivity index (χ2v) is 37.4. The van der Waals surface area contributed by atoms with Crippen molar-refractivity contribution in [3.63, 3.8) is 0 Å². The second kappa shape index (κ2) is 39.3. The molecule has 530 valence electrons. The maximum absolute atomic E-state index is 13.3. The number of phenols is 2. The second-order valence-electron chi connectivity index (χ2n) is 34.0. The van der Waals surface area contributed by atoms with Crippen molar-refractivity contribution in [2.24, 2.45) is 0 Å². The van der Waals surface area contributed by atoms with E-state index in [1.807, 2.05) is 0 Å². The van der Waals surface area contributed by atoms with Gasteiger partial charge < -0.3 is 28.7 Å². The molecule has 4 atom stereocenters. The van der Waals surface area contributed by atoms with Gasteiger partial charge in [-0.15, -0.1) is 0 Å². The van der Waals surface area contributed by atoms with Crippen molar-refractivity contribution in [2.75, 3.05) is 26.3 Å². The molecule has 0 radical (unpaired) electrons. The van der Waals surface area contributed by atoms with Crippen molar-refractivity contribution in [3.8, 4) is 11.5 Å². The number of benzene rings is 2. The lowest BCUT2D eigenvalue weighted by atomic mass is 9.78. The Morgan fingerprint density at radius 3 is 0.957 bits per heavy atom. The lowest BCUT2D eigenvalue weighted by Gasteiger charge is -2.40. The Morgan fingerprint density at radius 2 is 0.696 bits per heavy atom. The third-order valence-electron chi connectivity index (χ3n) is 19.0. The fourth-order valence-electron chi connectivity index (χ4n) is 13.5. The van der Waals surface area contributed by atoms with Crippen molar-refractivity contribution in [3.05, 3.63) is 45.5 Å². The first kappa shape index (κ1) is 82.1. The summed E-state index contributed by atoms with van der Waals surface area (Å²) in [6.45, 7) is 47.4. The van der Waals surface area contributed by atoms with Crippen LogP contribution in [0.1, 0.15) is 377 Å². The van der Waals surface area contributed by atoms with E-state index in [2.05, 4.69) is 160 Å². The molecular weight excluding hydrogens is 1180 g/mol. The molecule has 4 unspecified atom stereocenters. The van der Waals surface area contributed by atoms with Crippen LogP contribution in [0.15, 0.2) is 12.1 Å². The number of hydrogen-bond acceptors (Lipinski definition) is 10. The summed E-state index contributed by atoms with van der Waals surface area (Å²) in [6, 6.07) is 4.33. The molecule has 0 saturated carbocycles. The standard InChI is InChI=1S/C80H142N2O8P2/c1-21-23-25-27-29-31-33-35-37-39-41-45-49-63-59-81(79(15,16)17)91(89-63)73-65(75(3,4)5)57-61(71(85)69(73)77(9,10)11)51-53-67(83)87-55-47-43-44-48-56-88-68(84)54-52-62-58-66(76(6,7)8)74(70(72(62)86)78(12,13)14)92-82(80(18,19)20)60-64(90-92)50-46-42-40-38-36-34-32-30-28-26-24-22-2/h57-58,63-64,85-86H,21-56,59-60H2,1-20H3. The molecule has 10 nitrogen and oxygen atoms in total. The van der Waals surface area contributed by atoms with Gasteiger partial charge in [-0.1, -0.05) is 263 Å². The summed E-state index contributed by atoms with van der Waals surface area (Å²) in [7, 11) is -2.40. The third kappa shape index (κ3) is 27.5. The van der Waals surface area contributed by atoms with Gasteiger partial charge in [-0.05, 0) is 137 Å². The number of ether oxygens (including phenoxy) is 2. The number of carbonyl (C=O) groups excluding carboxylic acids is 2. The Hall–Kier alpha value is -2.32. The van der Waals surface area contributed by atoms with Crippen molar-refractivity contribution in [1.29, 1.82) is 0 Å². The van der Waals surface area contributed by atoms with Crippen LogP contribution in [0.25, 0.3) is 0 Å². The number of carbonyl (C=O) groups is 2. The van der Waals surface area contributed by atoms with Gasteiger partial charge in [0.2, 0.25) is 0 Å². The molecule has 0 aromatic heterocycles. The number of rotatable bonds is 41. The highest BCUT2D eigenvalue weighted by Gasteiger charge is 2.47. The molecule has 2 aromatic carbocycles. The summed E-state index contributed by atoms with van der Waals surface area (Å²) in [5.41, 5.74) is 4.35. The van der Waals surface area contributed by atoms with Crippen LogP contribution in [0.5, 0.6) is 11.5 Å². The largest absolute Gasteiger partial charge is 0.507 e. The third-order valence-corrected chi connectivity index (χ3v) is 24.1. The smallest absolute Gasteiger partial charge is 0.306 e. The molecule has 0 bridgehead atoms. The minimum absolute atomic E-state index is 0.125. The minimum Gasteiger partial charge on any atom is -0.507 e. The van der Waals surface area contributed by atoms with Gasteiger partial charge in [0.05, 0.1) is 25.4 Å². The van der Waals surface area contributed by atoms with Crippen LogP contribution in [0.4, 0.5) is 0 Å². The van der Waals surface area contributed by atoms with Crippen LogP contribution >= 0.6 is 16.6 Å². The lowest BCUT2D eigenvalue weighted by Crippen LogP contribution is -2.41. The van der Waals surface area contributed by atoms with Gasteiger partial charge in [-0.2, -0.15) is 0 Å². The number of aromatic hydroxyl groups is 2. The molecule has 0 aliphatic carbocycles. The van der Waals surface area contributed by atoms with Gasteiger partial charge in [0.25, 0.3) is 0 Å². The molecule has 92 heavy (non-hydrogen) atoms. The summed E-state index contributed by atoms with van der Waals surface area (Å²) in [5.74, 6) is 0.0361. The molecule has 2 aliphatic rings. The Balaban J connectivity index is 1.28. The fourth-order valence-corrected chi connectivity index (χ4v) is 19.5. The van der Waals surface area contributed by atoms with Crippen molar-refractivity contribution in [1.82, 2.24) is 9.34 Å². The minimum atomic E-state index is -1.20. The number of aryl methyl sites for hydroxylation is 2. The van der Waals surface area contributed by atoms with Gasteiger partial charge in [-0.3, -0.25) is 9.59 Å². The van der Waals surface area contributed by atoms with E-state index in [4.69, 9.17) is 18.5 Å². The molecule has 0 amide bonds. The number of esters is 2. The van der Waals surface area contributed by atoms with Gasteiger partial charge in [0, 0.05) is 58.7 Å². The zero-order valence-electron chi connectivity index (χ0n) is 63.3. The zero-order chi connectivity index (χ0) is 68.5. The number of nitrogens with zero attached hydrogens (tertiary/aromatic N) is 2. The maximum Gasteiger partial charge on any atom is 0.306 e. The van der Waals surface area contributed by atoms with Gasteiger partial charge in [0.1, 0.15) is 28.1 Å². The molecular formula is C80H142N2O8P2. The summed E-state index contributed by atoms with van der Waals surface area (Å²) in [5, 5.41) is 27.0. The summed E-state index contributed by atoms with van der Waals surface area (Å²) in [4.78, 5) is 26.7. The quantitative estimate of drug-likeness (QED) is 0.0379. The van der Waals surface area contributed by atoms with Crippen LogP contribution in [0.2, 0.25) is 0 Å². The van der Waals surface area contributed by atoms with Crippen LogP contribution in [-0.4, -0.2) is 81.1 Å². The van der Waals surface area contributed by atoms with E-state index in [1.54, 1.807) is 0 Å². The van der Waals surface area contributed by atoms with Crippen molar-refractivity contribution < 1.29 is 38.3 Å². The van der Waals surface area contributed by atoms with Gasteiger partial charge in [-0.25, -0.2) is 9.34 Å². The molecule has 2 saturated heterocycles. The van der Waals surface area contributed by atoms with E-state index in [-0.39, 0.29) is 81.2 Å². The summed E-state index contributed by atoms with van der Waals surface area (Å²) in [6.07, 6.45) is 38.7. The molecule has 2 fully saturated rings. The zero-order valence-corrected chi connectivity index (χ0v) is 65.1. The van der Waals surface area contributed by atoms with E-state index in [0.29, 0.717) is 26.1 Å². The highest BCUT2D eigenvalue weighted by atomic mass is 31.2. The normalized spacial score (nSPS) is 18.2. The highest BCUT2D eigenvalue weighted by molar-refractivity contribution is 7.59. The van der Waals surface area contributed by atoms with E-state index >= 15 is 0 Å². The van der Waals surface area contributed by atoms with Crippen molar-refractivity contribution in [2.45, 2.75) is 402 Å². The lowest BCUT2D eigenvalue weighted by molar-refractivity contribution is -0.145. The average Bonchev–Trinajstić information content (AvgIpc) is 1.27. The van der Waals surface area contributed by atoms with E-state index in [1.165, 1.54) is 165 Å². The van der Waals surface area contributed by atoms with Gasteiger partial charge in [0.15, 0.2) is 0 Å². The Bertz CT molecular complexity index is 2300. The van der Waals surface area contributed by atoms with E-state index in [9.17, 15) is 19.8 Å². The number of hydrogen-bond donors (Lipinski definition) is 2. The monoisotopic (exact) mass is 1320 g/mol. The molecule has 2 N–H and O–H groups in total. The van der Waals surface area contributed by atoms with Crippen molar-refractivity contribution >= 4 is 39.1 Å². The van der Waals surface area contributed by atoms with Gasteiger partial charge >= 0.3 is 11.9 Å². The molecule has 12 heteroatoms. The molecule has 4 rings (SSSR count). The van der Waals surface area contributed by atoms with Crippen LogP contribution < -0.4 is 10.6 Å². The van der Waals surface area contributed by atoms with Crippen LogP contribution in [-0.2, 0) is 62.6 Å². The topological polar surface area (TPSA) is 118 Å². The predicted molar refractivity (Wildman–Crippen MR) is 395 cm³/mol. The molecule has 2 aromatic rings. The predicted octanol–water partition coefficient (Wildman–Crippen LogP) is 22.6. The Morgan fingerprint density at radius 1 is 0.424 bits per heavy atom. The van der Waals surface area contributed by atoms with Crippen LogP contribution in [0.3, 0.4) is 0 Å². The Kier molecular flexibility index (Phi) is 35.1. The summed E-state index contributed by atoms with van der Waals surface area (Å²) < 4.78 is 31.2. The SMILES string of the molecule is CCCCCCCCCCCCCCC1CN(C(C)(C)C)P(c2c(C(C)(C)C)cc(CCC(=O)OCCCCCCOC(=O)CCc3cc(C(C)(C)C)c(P4OC(CCCCCCCCCCCCCC)CN4C(C)(C)C)c(C(C)(C)C)c3O)c(O)c2C(C)(C)C)O1. The first-order valence-electron chi connectivity index (χ1n) is 37.7. The first-order valence-corrected chi connectivity index (χ1v) is 40.1. The average molecular weight is 1320 g/mol. The van der Waals surface area contributed by atoms with E-state index < -0.39 is 16.6 Å². The fraction of sp³-hybridized carbons (Fsp3) is 0.825. The first-order chi connectivity index (χ1) is 43.1. The molecule has 2 heterocycles. The van der Waals surface area contributed by atoms with E-state index in [0.717, 1.165) is 84.5 Å². The highest BCUT2D eigenvalue weighted by Crippen LogP contribution is 2.58. The maximum atomic E-state index is 13.3. The molecule has 0 spiro atoms. The Labute approximate surface area is 568 Å². The number of phenolic OH excluding ortho intramolecular Hbond substituents is 2. The van der Waals surface area contributed by atoms with Crippen LogP contribution in [0, 0.1) is 0 Å². The molecule has 2 aliphatic heterocycles. The number of unbranched alkanes of at least 4 members (excludes halogenated alkanes) is 25. The summed E-state index contributed by atoms with van der Waals surface area (Å²) >= 11 is 0.